The van der Waals surface area contributed by atoms with Crippen LogP contribution >= 0.6 is 23.1 Å². The van der Waals surface area contributed by atoms with Crippen LogP contribution in [0.3, 0.4) is 0 Å². The number of aromatic nitrogens is 1. The molecule has 6 rings (SSSR count). The second kappa shape index (κ2) is 6.95. The minimum Gasteiger partial charge on any atom is -0.497 e. The van der Waals surface area contributed by atoms with E-state index >= 15 is 0 Å². The number of ether oxygens (including phenoxy) is 1. The van der Waals surface area contributed by atoms with Gasteiger partial charge in [0.25, 0.3) is 0 Å². The molecular formula is C22H20N2O6S2. The van der Waals surface area contributed by atoms with Crippen molar-refractivity contribution >= 4 is 40.9 Å². The van der Waals surface area contributed by atoms with E-state index in [2.05, 4.69) is 4.98 Å². The first kappa shape index (κ1) is 20.0. The first-order valence-corrected chi connectivity index (χ1v) is 12.2. The van der Waals surface area contributed by atoms with Gasteiger partial charge in [-0.15, -0.1) is 11.8 Å². The number of hydrogen-bond acceptors (Lipinski definition) is 7. The molecule has 3 fully saturated rings. The van der Waals surface area contributed by atoms with E-state index in [1.54, 1.807) is 18.9 Å². The molecule has 10 heteroatoms. The van der Waals surface area contributed by atoms with E-state index in [1.165, 1.54) is 11.3 Å². The number of amides is 2. The van der Waals surface area contributed by atoms with Gasteiger partial charge in [0.05, 0.1) is 24.0 Å². The highest BCUT2D eigenvalue weighted by Crippen LogP contribution is 2.68. The number of thioether (sulfide) groups is 1. The maximum atomic E-state index is 13.1. The number of rotatable bonds is 4. The van der Waals surface area contributed by atoms with Crippen LogP contribution in [0.15, 0.2) is 34.1 Å². The summed E-state index contributed by atoms with van der Waals surface area (Å²) >= 11 is 2.83. The maximum absolute atomic E-state index is 13.1. The Morgan fingerprint density at radius 3 is 2.50 bits per heavy atom. The second-order valence-electron chi connectivity index (χ2n) is 8.89. The van der Waals surface area contributed by atoms with E-state index in [4.69, 9.17) is 4.74 Å². The molecule has 1 saturated heterocycles. The van der Waals surface area contributed by atoms with Crippen molar-refractivity contribution in [2.45, 2.75) is 22.6 Å². The van der Waals surface area contributed by atoms with Crippen molar-refractivity contribution in [2.24, 2.45) is 29.6 Å². The lowest BCUT2D eigenvalue weighted by Gasteiger charge is -2.43. The fourth-order valence-corrected chi connectivity index (χ4v) is 9.44. The van der Waals surface area contributed by atoms with Crippen LogP contribution in [0.5, 0.6) is 5.75 Å². The van der Waals surface area contributed by atoms with Crippen molar-refractivity contribution in [3.63, 3.8) is 0 Å². The average molecular weight is 473 g/mol. The largest absolute Gasteiger partial charge is 0.497 e. The van der Waals surface area contributed by atoms with E-state index in [0.29, 0.717) is 0 Å². The Morgan fingerprint density at radius 2 is 1.84 bits per heavy atom. The van der Waals surface area contributed by atoms with Gasteiger partial charge in [-0.2, -0.15) is 0 Å². The van der Waals surface area contributed by atoms with Gasteiger partial charge in [0.1, 0.15) is 12.3 Å². The number of nitrogens with zero attached hydrogens (tertiary/aromatic N) is 1. The predicted octanol–water partition coefficient (Wildman–Crippen LogP) is 2.00. The van der Waals surface area contributed by atoms with Crippen LogP contribution in [-0.4, -0.2) is 51.7 Å². The Bertz CT molecular complexity index is 1200. The standard InChI is InChI=1S/C22H20N2O6S2/c1-30-9-4-2-8(3-5-9)13-14-10-6-11(17(14)31-19-18(13)32-22(29)23-19)16-15(10)20(27)24(21(16)28)7-12(25)26/h2-5,10-11,13-17H,6-7H2,1H3,(H,23,29)(H,25,26)/t10?,11?,13-,14?,15?,16?,17?/m1/s1. The number of H-pyrrole nitrogens is 1. The normalized spacial score (nSPS) is 34.4. The number of thiazole rings is 1. The van der Waals surface area contributed by atoms with Gasteiger partial charge in [-0.3, -0.25) is 24.1 Å². The predicted molar refractivity (Wildman–Crippen MR) is 116 cm³/mol. The van der Waals surface area contributed by atoms with Gasteiger partial charge in [-0.1, -0.05) is 23.5 Å². The number of nitrogens with one attached hydrogen (secondary N) is 1. The lowest BCUT2D eigenvalue weighted by molar-refractivity contribution is -0.149. The molecule has 7 atom stereocenters. The number of carbonyl (C=O) groups is 3. The molecule has 4 aliphatic rings. The van der Waals surface area contributed by atoms with Crippen molar-refractivity contribution in [3.8, 4) is 5.75 Å². The third-order valence-corrected chi connectivity index (χ3v) is 10.2. The molecule has 166 valence electrons. The molecule has 2 aliphatic carbocycles. The molecule has 6 unspecified atom stereocenters. The Hall–Kier alpha value is -2.59. The van der Waals surface area contributed by atoms with Crippen molar-refractivity contribution in [1.29, 1.82) is 0 Å². The zero-order chi connectivity index (χ0) is 22.3. The van der Waals surface area contributed by atoms with Gasteiger partial charge >= 0.3 is 10.8 Å². The summed E-state index contributed by atoms with van der Waals surface area (Å²) in [4.78, 5) is 54.4. The Balaban J connectivity index is 1.44. The molecule has 2 aromatic rings. The van der Waals surface area contributed by atoms with Crippen LogP contribution in [0, 0.1) is 29.6 Å². The summed E-state index contributed by atoms with van der Waals surface area (Å²) in [6, 6.07) is 7.81. The molecule has 8 nitrogen and oxygen atoms in total. The molecule has 2 amide bonds. The quantitative estimate of drug-likeness (QED) is 0.654. The molecular weight excluding hydrogens is 452 g/mol. The first-order valence-electron chi connectivity index (χ1n) is 10.5. The summed E-state index contributed by atoms with van der Waals surface area (Å²) in [5.41, 5.74) is 1.06. The highest BCUT2D eigenvalue weighted by molar-refractivity contribution is 8.00. The Morgan fingerprint density at radius 1 is 1.16 bits per heavy atom. The van der Waals surface area contributed by atoms with Crippen molar-refractivity contribution in [2.75, 3.05) is 13.7 Å². The minimum atomic E-state index is -1.18. The number of aromatic amines is 1. The van der Waals surface area contributed by atoms with E-state index in [9.17, 15) is 24.3 Å². The number of carboxylic acids is 1. The van der Waals surface area contributed by atoms with Crippen molar-refractivity contribution in [3.05, 3.63) is 44.4 Å². The first-order chi connectivity index (χ1) is 15.4. The summed E-state index contributed by atoms with van der Waals surface area (Å²) in [7, 11) is 1.61. The molecule has 1 aromatic carbocycles. The lowest BCUT2D eigenvalue weighted by atomic mass is 9.68. The monoisotopic (exact) mass is 472 g/mol. The molecule has 2 saturated carbocycles. The van der Waals surface area contributed by atoms with Crippen LogP contribution in [0.1, 0.15) is 22.8 Å². The van der Waals surface area contributed by atoms with Crippen LogP contribution in [-0.2, 0) is 14.4 Å². The lowest BCUT2D eigenvalue weighted by Crippen LogP contribution is -2.42. The summed E-state index contributed by atoms with van der Waals surface area (Å²) in [6.07, 6.45) is 0.780. The zero-order valence-corrected chi connectivity index (χ0v) is 18.7. The number of aliphatic carboxylic acids is 1. The van der Waals surface area contributed by atoms with Crippen molar-refractivity contribution < 1.29 is 24.2 Å². The third kappa shape index (κ3) is 2.62. The zero-order valence-electron chi connectivity index (χ0n) is 17.0. The minimum absolute atomic E-state index is 0.00690. The number of carbonyl (C=O) groups excluding carboxylic acids is 2. The number of hydrogen-bond donors (Lipinski definition) is 2. The summed E-state index contributed by atoms with van der Waals surface area (Å²) < 4.78 is 5.30. The Kier molecular flexibility index (Phi) is 4.36. The SMILES string of the molecule is COc1ccc([C@H]2c3sc(=O)[nH]c3SC3C4CC(C5C(=O)N(CC(=O)O)C(=O)C45)C32)cc1. The Labute approximate surface area is 191 Å². The number of benzene rings is 1. The third-order valence-electron chi connectivity index (χ3n) is 7.58. The number of imide groups is 1. The molecule has 2 N–H and O–H groups in total. The van der Waals surface area contributed by atoms with E-state index in [-0.39, 0.29) is 45.6 Å². The molecule has 32 heavy (non-hydrogen) atoms. The fourth-order valence-electron chi connectivity index (χ4n) is 6.55. The van der Waals surface area contributed by atoms with Crippen LogP contribution in [0.25, 0.3) is 0 Å². The number of likely N-dealkylation sites (tertiary alicyclic amines) is 1. The van der Waals surface area contributed by atoms with Crippen molar-refractivity contribution in [1.82, 2.24) is 9.88 Å². The number of fused-ring (bicyclic) bond motifs is 9. The second-order valence-corrected chi connectivity index (χ2v) is 11.1. The van der Waals surface area contributed by atoms with Gasteiger partial charge in [0, 0.05) is 16.0 Å². The highest BCUT2D eigenvalue weighted by atomic mass is 32.2. The summed E-state index contributed by atoms with van der Waals surface area (Å²) in [6.45, 7) is -0.574. The van der Waals surface area contributed by atoms with E-state index in [0.717, 1.165) is 32.5 Å². The number of carboxylic acid groups (broad SMARTS) is 1. The average Bonchev–Trinajstić information content (AvgIpc) is 3.49. The smallest absolute Gasteiger partial charge is 0.323 e. The van der Waals surface area contributed by atoms with Gasteiger partial charge in [-0.25, -0.2) is 0 Å². The molecule has 0 spiro atoms. The summed E-state index contributed by atoms with van der Waals surface area (Å²) in [5, 5.41) is 10.1. The van der Waals surface area contributed by atoms with Gasteiger partial charge in [-0.05, 0) is 41.9 Å². The highest BCUT2D eigenvalue weighted by Gasteiger charge is 2.69. The van der Waals surface area contributed by atoms with Gasteiger partial charge in [0.2, 0.25) is 11.8 Å². The maximum Gasteiger partial charge on any atom is 0.323 e. The van der Waals surface area contributed by atoms with Crippen LogP contribution < -0.4 is 9.61 Å². The van der Waals surface area contributed by atoms with E-state index in [1.807, 2.05) is 24.3 Å². The van der Waals surface area contributed by atoms with E-state index < -0.39 is 24.3 Å². The fraction of sp³-hybridized carbons (Fsp3) is 0.455. The van der Waals surface area contributed by atoms with Gasteiger partial charge in [0.15, 0.2) is 0 Å². The topological polar surface area (TPSA) is 117 Å². The molecule has 2 bridgehead atoms. The van der Waals surface area contributed by atoms with Gasteiger partial charge < -0.3 is 14.8 Å². The van der Waals surface area contributed by atoms with Crippen LogP contribution in [0.4, 0.5) is 0 Å². The molecule has 2 aliphatic heterocycles. The molecule has 0 radical (unpaired) electrons. The number of methoxy groups -OCH3 is 1. The van der Waals surface area contributed by atoms with Crippen LogP contribution in [0.2, 0.25) is 0 Å². The molecule has 3 heterocycles. The molecule has 1 aromatic heterocycles. The summed E-state index contributed by atoms with van der Waals surface area (Å²) in [5.74, 6) is -2.04.